The largest absolute Gasteiger partial charge is 0.423 e. The summed E-state index contributed by atoms with van der Waals surface area (Å²) < 4.78 is 105. The molecule has 0 radical (unpaired) electrons. The van der Waals surface area contributed by atoms with Crippen molar-refractivity contribution >= 4 is 175 Å². The van der Waals surface area contributed by atoms with E-state index in [0.717, 1.165) is 24.3 Å². The molecule has 84 heavy (non-hydrogen) atoms. The van der Waals surface area contributed by atoms with Gasteiger partial charge in [0.05, 0.1) is 59.9 Å². The van der Waals surface area contributed by atoms with Gasteiger partial charge in [0.2, 0.25) is 0 Å². The number of alkyl halides is 6. The first-order valence-corrected chi connectivity index (χ1v) is 24.2. The normalized spacial score (nSPS) is 10.8. The van der Waals surface area contributed by atoms with Gasteiger partial charge in [-0.2, -0.15) is 26.3 Å². The van der Waals surface area contributed by atoms with E-state index in [2.05, 4.69) is 9.47 Å². The van der Waals surface area contributed by atoms with Gasteiger partial charge in [0, 0.05) is 58.6 Å². The molecule has 0 spiro atoms. The molecule has 0 saturated carbocycles. The van der Waals surface area contributed by atoms with E-state index < -0.39 is 145 Å². The van der Waals surface area contributed by atoms with E-state index in [4.69, 9.17) is 135 Å². The summed E-state index contributed by atoms with van der Waals surface area (Å²) in [5.74, 6) is -13.4. The Labute approximate surface area is 508 Å². The molecule has 0 unspecified atom stereocenters. The van der Waals surface area contributed by atoms with Crippen molar-refractivity contribution < 1.29 is 103 Å². The van der Waals surface area contributed by atoms with Crippen LogP contribution in [0.2, 0.25) is 50.2 Å². The van der Waals surface area contributed by atoms with Crippen LogP contribution in [-0.4, -0.2) is 55.5 Å². The highest BCUT2D eigenvalue weighted by atomic mass is 35.5. The molecule has 0 fully saturated rings. The number of esters is 6. The van der Waals surface area contributed by atoms with Crippen LogP contribution in [0.3, 0.4) is 0 Å². The highest BCUT2D eigenvalue weighted by molar-refractivity contribution is 6.43. The Bertz CT molecular complexity index is 3420. The molecule has 442 valence electrons. The lowest BCUT2D eigenvalue weighted by Gasteiger charge is -2.11. The Kier molecular flexibility index (Phi) is 23.5. The van der Waals surface area contributed by atoms with E-state index in [1.807, 2.05) is 0 Å². The fourth-order valence-corrected chi connectivity index (χ4v) is 8.41. The Hall–Kier alpha value is -7.78. The second-order valence-corrected chi connectivity index (χ2v) is 18.7. The van der Waals surface area contributed by atoms with Crippen molar-refractivity contribution in [1.29, 1.82) is 0 Å². The van der Waals surface area contributed by atoms with E-state index in [-0.39, 0.29) is 53.8 Å². The van der Waals surface area contributed by atoms with Crippen LogP contribution in [0.1, 0.15) is 11.1 Å². The number of carbonyl (C=O) groups excluding carboxylic acids is 6. The molecule has 0 aliphatic rings. The van der Waals surface area contributed by atoms with Gasteiger partial charge in [-0.1, -0.05) is 116 Å². The highest BCUT2D eigenvalue weighted by Crippen LogP contribution is 2.43. The first kappa shape index (κ1) is 68.7. The van der Waals surface area contributed by atoms with Crippen molar-refractivity contribution in [3.8, 4) is 34.5 Å². The maximum Gasteiger partial charge on any atom is 0.423 e. The number of nitro groups is 4. The molecular weight excluding hydrogens is 1370 g/mol. The lowest BCUT2D eigenvalue weighted by Crippen LogP contribution is -2.26. The van der Waals surface area contributed by atoms with Crippen LogP contribution in [0.4, 0.5) is 49.1 Å². The van der Waals surface area contributed by atoms with E-state index in [9.17, 15) is 95.6 Å². The van der Waals surface area contributed by atoms with Gasteiger partial charge < -0.3 is 28.4 Å². The lowest BCUT2D eigenvalue weighted by atomic mass is 10.1. The number of hydrogen-bond acceptors (Lipinski definition) is 20. The summed E-state index contributed by atoms with van der Waals surface area (Å²) in [4.78, 5) is 109. The van der Waals surface area contributed by atoms with Crippen LogP contribution in [0, 0.1) is 40.5 Å². The Balaban J connectivity index is 0.000000273. The average molecular weight is 1390 g/mol. The molecule has 6 aromatic rings. The summed E-state index contributed by atoms with van der Waals surface area (Å²) in [6, 6.07) is 10.5. The Morgan fingerprint density at radius 1 is 0.333 bits per heavy atom. The van der Waals surface area contributed by atoms with Crippen LogP contribution in [0.15, 0.2) is 84.9 Å². The minimum atomic E-state index is -5.22. The third-order valence-corrected chi connectivity index (χ3v) is 11.6. The van der Waals surface area contributed by atoms with Gasteiger partial charge in [-0.3, -0.25) is 40.5 Å². The molecule has 0 bridgehead atoms. The van der Waals surface area contributed by atoms with Crippen LogP contribution in [0.5, 0.6) is 34.5 Å². The number of halogens is 16. The topological polar surface area (TPSA) is 330 Å². The molecule has 0 atom stereocenters. The molecule has 0 saturated heterocycles. The third-order valence-electron chi connectivity index (χ3n) is 8.95. The number of hydrogen-bond donors (Lipinski definition) is 0. The number of nitro benzene ring substituents is 4. The van der Waals surface area contributed by atoms with Crippen molar-refractivity contribution in [2.75, 3.05) is 0 Å². The quantitative estimate of drug-likeness (QED) is 0.0307. The molecule has 0 N–H and O–H groups in total. The van der Waals surface area contributed by atoms with Gasteiger partial charge in [-0.05, 0) is 36.4 Å². The van der Waals surface area contributed by atoms with Gasteiger partial charge >= 0.3 is 48.2 Å². The van der Waals surface area contributed by atoms with Crippen molar-refractivity contribution in [3.63, 3.8) is 0 Å². The molecule has 6 aromatic carbocycles. The standard InChI is InChI=1S/C16H6F6N2O8.C14H4Cl6O4.C14H4Cl4N2O8/c17-15(18,19)9-5-7(1-3-11(9)23(27)28)31-13(25)14(26)32-8-2-4-12(24(29)30)10(6-8)16(20,21)22;15-5-1-7(17)11(8(18)2-5)23-13(21)14(22)24-12-9(19)3-6(16)4-10(12)20;15-7-1-5(19(23)24)2-8(16)11(7)27-13(21)14(22)28-12-9(17)3-6(20(25)26)4-10(12)18/h1-6H;1-4H;1-4H. The number of non-ortho nitro benzene ring substituents is 2. The second-order valence-electron chi connectivity index (χ2n) is 14.6. The molecular formula is C44H14Cl10F6N4O20. The first-order valence-electron chi connectivity index (χ1n) is 20.4. The van der Waals surface area contributed by atoms with E-state index in [1.54, 1.807) is 0 Å². The summed E-state index contributed by atoms with van der Waals surface area (Å²) in [5, 5.41) is 41.4. The number of nitrogens with zero attached hydrogens (tertiary/aromatic N) is 4. The van der Waals surface area contributed by atoms with Crippen molar-refractivity contribution in [2.45, 2.75) is 12.4 Å². The zero-order valence-electron chi connectivity index (χ0n) is 39.1. The van der Waals surface area contributed by atoms with Crippen LogP contribution >= 0.6 is 116 Å². The summed E-state index contributed by atoms with van der Waals surface area (Å²) in [6.07, 6.45) is -10.4. The fraction of sp³-hybridized carbons (Fsp3) is 0.0455. The summed E-state index contributed by atoms with van der Waals surface area (Å²) >= 11 is 57.9. The van der Waals surface area contributed by atoms with Gasteiger partial charge in [-0.25, -0.2) is 28.8 Å². The monoisotopic (exact) mass is 1380 g/mol. The molecule has 40 heteroatoms. The van der Waals surface area contributed by atoms with E-state index >= 15 is 0 Å². The second kappa shape index (κ2) is 28.7. The van der Waals surface area contributed by atoms with Crippen LogP contribution in [-0.2, 0) is 41.1 Å². The fourth-order valence-electron chi connectivity index (χ4n) is 5.52. The van der Waals surface area contributed by atoms with Gasteiger partial charge in [-0.15, -0.1) is 0 Å². The minimum Gasteiger partial charge on any atom is -0.418 e. The Morgan fingerprint density at radius 3 is 0.750 bits per heavy atom. The molecule has 0 heterocycles. The maximum absolute atomic E-state index is 12.9. The SMILES string of the molecule is O=C(Oc1c(Cl)cc(Cl)cc1Cl)C(=O)Oc1c(Cl)cc(Cl)cc1Cl.O=C(Oc1c(Cl)cc([N+](=O)[O-])cc1Cl)C(=O)Oc1c(Cl)cc([N+](=O)[O-])cc1Cl.O=C(Oc1ccc([N+](=O)[O-])c(C(F)(F)F)c1)C(=O)Oc1ccc([N+](=O)[O-])c(C(F)(F)F)c1. The number of carbonyl (C=O) groups is 6. The van der Waals surface area contributed by atoms with Crippen molar-refractivity contribution in [2.24, 2.45) is 0 Å². The van der Waals surface area contributed by atoms with Crippen LogP contribution < -0.4 is 28.4 Å². The summed E-state index contributed by atoms with van der Waals surface area (Å²) in [7, 11) is 0. The smallest absolute Gasteiger partial charge is 0.418 e. The minimum absolute atomic E-state index is 0.0525. The zero-order chi connectivity index (χ0) is 63.6. The number of ether oxygens (including phenoxy) is 6. The lowest BCUT2D eigenvalue weighted by molar-refractivity contribution is -0.388. The van der Waals surface area contributed by atoms with E-state index in [1.165, 1.54) is 24.3 Å². The molecule has 0 aromatic heterocycles. The van der Waals surface area contributed by atoms with Crippen LogP contribution in [0.25, 0.3) is 0 Å². The van der Waals surface area contributed by atoms with E-state index in [0.29, 0.717) is 24.3 Å². The van der Waals surface area contributed by atoms with Crippen molar-refractivity contribution in [1.82, 2.24) is 0 Å². The molecule has 0 aliphatic heterocycles. The summed E-state index contributed by atoms with van der Waals surface area (Å²) in [5.41, 5.74) is -7.28. The first-order chi connectivity index (χ1) is 38.8. The number of rotatable bonds is 10. The van der Waals surface area contributed by atoms with Gasteiger partial charge in [0.25, 0.3) is 22.7 Å². The summed E-state index contributed by atoms with van der Waals surface area (Å²) in [6.45, 7) is 0. The molecule has 0 aliphatic carbocycles. The highest BCUT2D eigenvalue weighted by Gasteiger charge is 2.41. The van der Waals surface area contributed by atoms with Gasteiger partial charge in [0.1, 0.15) is 22.6 Å². The maximum atomic E-state index is 12.9. The molecule has 0 amide bonds. The molecule has 24 nitrogen and oxygen atoms in total. The predicted octanol–water partition coefficient (Wildman–Crippen LogP) is 14.8. The zero-order valence-corrected chi connectivity index (χ0v) is 46.6. The predicted molar refractivity (Wildman–Crippen MR) is 279 cm³/mol. The van der Waals surface area contributed by atoms with Gasteiger partial charge in [0.15, 0.2) is 23.0 Å². The Morgan fingerprint density at radius 2 is 0.548 bits per heavy atom. The average Bonchev–Trinajstić information content (AvgIpc) is 2.78. The van der Waals surface area contributed by atoms with Crippen molar-refractivity contribution in [3.05, 3.63) is 187 Å². The number of benzene rings is 6. The third kappa shape index (κ3) is 18.6. The molecule has 6 rings (SSSR count).